The first-order valence-electron chi connectivity index (χ1n) is 11.1. The van der Waals surface area contributed by atoms with Gasteiger partial charge in [-0.25, -0.2) is 4.79 Å². The van der Waals surface area contributed by atoms with E-state index in [-0.39, 0.29) is 17.0 Å². The lowest BCUT2D eigenvalue weighted by Crippen LogP contribution is -2.38. The SMILES string of the molecule is CCN(CC)CCN1C(=O)C(=O)/C(=C(\O)c2c(C)[nH]c(C(=O)OC)c2C)[C@@H]1c1ccccc1. The van der Waals surface area contributed by atoms with E-state index in [0.29, 0.717) is 29.9 Å². The molecule has 0 unspecified atom stereocenters. The lowest BCUT2D eigenvalue weighted by atomic mass is 9.94. The number of aryl methyl sites for hydroxylation is 1. The molecule has 1 aromatic heterocycles. The first-order chi connectivity index (χ1) is 15.8. The number of amides is 1. The number of nitrogens with zero attached hydrogens (tertiary/aromatic N) is 2. The average molecular weight is 454 g/mol. The van der Waals surface area contributed by atoms with Gasteiger partial charge >= 0.3 is 5.97 Å². The van der Waals surface area contributed by atoms with E-state index in [0.717, 1.165) is 18.7 Å². The minimum Gasteiger partial charge on any atom is -0.507 e. The predicted molar refractivity (Wildman–Crippen MR) is 125 cm³/mol. The van der Waals surface area contributed by atoms with Gasteiger partial charge < -0.3 is 24.6 Å². The van der Waals surface area contributed by atoms with Crippen LogP contribution in [0, 0.1) is 13.8 Å². The van der Waals surface area contributed by atoms with E-state index in [9.17, 15) is 19.5 Å². The Morgan fingerprint density at radius 1 is 1.15 bits per heavy atom. The lowest BCUT2D eigenvalue weighted by molar-refractivity contribution is -0.140. The maximum atomic E-state index is 13.2. The van der Waals surface area contributed by atoms with Gasteiger partial charge in [-0.15, -0.1) is 0 Å². The highest BCUT2D eigenvalue weighted by molar-refractivity contribution is 6.46. The molecule has 0 aliphatic carbocycles. The molecule has 176 valence electrons. The molecule has 1 amide bonds. The van der Waals surface area contributed by atoms with Gasteiger partial charge in [-0.2, -0.15) is 0 Å². The van der Waals surface area contributed by atoms with Crippen LogP contribution in [0.1, 0.15) is 52.8 Å². The average Bonchev–Trinajstić information content (AvgIpc) is 3.26. The van der Waals surface area contributed by atoms with E-state index >= 15 is 0 Å². The van der Waals surface area contributed by atoms with Gasteiger partial charge in [0.2, 0.25) is 0 Å². The fourth-order valence-electron chi connectivity index (χ4n) is 4.43. The Morgan fingerprint density at radius 3 is 2.36 bits per heavy atom. The van der Waals surface area contributed by atoms with Crippen LogP contribution in [0.15, 0.2) is 35.9 Å². The molecule has 0 bridgehead atoms. The number of hydrogen-bond donors (Lipinski definition) is 2. The fraction of sp³-hybridized carbons (Fsp3) is 0.400. The van der Waals surface area contributed by atoms with Crippen LogP contribution in [0.4, 0.5) is 0 Å². The molecule has 1 aromatic carbocycles. The van der Waals surface area contributed by atoms with Crippen molar-refractivity contribution >= 4 is 23.4 Å². The zero-order valence-electron chi connectivity index (χ0n) is 19.8. The van der Waals surface area contributed by atoms with Crippen LogP contribution in [-0.2, 0) is 14.3 Å². The molecule has 1 aliphatic heterocycles. The van der Waals surface area contributed by atoms with Crippen molar-refractivity contribution < 1.29 is 24.2 Å². The van der Waals surface area contributed by atoms with Gasteiger partial charge in [0.25, 0.3) is 11.7 Å². The third kappa shape index (κ3) is 4.43. The number of likely N-dealkylation sites (tertiary alicyclic amines) is 1. The van der Waals surface area contributed by atoms with E-state index in [1.807, 2.05) is 44.2 Å². The van der Waals surface area contributed by atoms with Crippen molar-refractivity contribution in [3.63, 3.8) is 0 Å². The summed E-state index contributed by atoms with van der Waals surface area (Å²) in [6.45, 7) is 10.1. The fourth-order valence-corrected chi connectivity index (χ4v) is 4.43. The number of carbonyl (C=O) groups excluding carboxylic acids is 3. The third-order valence-corrected chi connectivity index (χ3v) is 6.27. The highest BCUT2D eigenvalue weighted by Crippen LogP contribution is 2.40. The van der Waals surface area contributed by atoms with Gasteiger partial charge in [-0.05, 0) is 38.1 Å². The van der Waals surface area contributed by atoms with Crippen molar-refractivity contribution in [3.8, 4) is 0 Å². The molecule has 2 aromatic rings. The summed E-state index contributed by atoms with van der Waals surface area (Å²) >= 11 is 0. The van der Waals surface area contributed by atoms with Gasteiger partial charge in [0.1, 0.15) is 11.5 Å². The van der Waals surface area contributed by atoms with Gasteiger partial charge in [0.05, 0.1) is 18.7 Å². The number of H-pyrrole nitrogens is 1. The third-order valence-electron chi connectivity index (χ3n) is 6.27. The summed E-state index contributed by atoms with van der Waals surface area (Å²) < 4.78 is 4.81. The van der Waals surface area contributed by atoms with Crippen molar-refractivity contribution in [3.05, 3.63) is 64.0 Å². The molecule has 1 aliphatic rings. The van der Waals surface area contributed by atoms with Crippen molar-refractivity contribution in [2.24, 2.45) is 0 Å². The summed E-state index contributed by atoms with van der Waals surface area (Å²) in [5.41, 5.74) is 2.25. The van der Waals surface area contributed by atoms with Crippen molar-refractivity contribution in [2.45, 2.75) is 33.7 Å². The number of aromatic amines is 1. The Morgan fingerprint density at radius 2 is 1.79 bits per heavy atom. The van der Waals surface area contributed by atoms with Crippen molar-refractivity contribution in [1.29, 1.82) is 0 Å². The molecule has 2 heterocycles. The van der Waals surface area contributed by atoms with Gasteiger partial charge in [0, 0.05) is 24.3 Å². The zero-order valence-corrected chi connectivity index (χ0v) is 19.8. The van der Waals surface area contributed by atoms with Crippen LogP contribution < -0.4 is 0 Å². The highest BCUT2D eigenvalue weighted by atomic mass is 16.5. The quantitative estimate of drug-likeness (QED) is 0.275. The predicted octanol–water partition coefficient (Wildman–Crippen LogP) is 3.18. The maximum absolute atomic E-state index is 13.2. The number of ketones is 1. The highest BCUT2D eigenvalue weighted by Gasteiger charge is 2.46. The minimum absolute atomic E-state index is 0.0207. The molecular formula is C25H31N3O5. The smallest absolute Gasteiger partial charge is 0.354 e. The number of Topliss-reactive ketones (excluding diaryl/α,β-unsaturated/α-hetero) is 1. The molecule has 1 atom stereocenters. The number of benzene rings is 1. The van der Waals surface area contributed by atoms with E-state index < -0.39 is 23.7 Å². The molecule has 0 spiro atoms. The number of aromatic nitrogens is 1. The molecule has 0 saturated carbocycles. The molecule has 0 radical (unpaired) electrons. The maximum Gasteiger partial charge on any atom is 0.354 e. The second-order valence-corrected chi connectivity index (χ2v) is 8.05. The largest absolute Gasteiger partial charge is 0.507 e. The van der Waals surface area contributed by atoms with Crippen LogP contribution in [0.2, 0.25) is 0 Å². The van der Waals surface area contributed by atoms with E-state index in [1.165, 1.54) is 12.0 Å². The normalized spacial score (nSPS) is 17.8. The number of hydrogen-bond acceptors (Lipinski definition) is 6. The van der Waals surface area contributed by atoms with E-state index in [1.54, 1.807) is 13.8 Å². The zero-order chi connectivity index (χ0) is 24.3. The summed E-state index contributed by atoms with van der Waals surface area (Å²) in [7, 11) is 1.27. The number of esters is 1. The Balaban J connectivity index is 2.16. The van der Waals surface area contributed by atoms with Gasteiger partial charge in [-0.1, -0.05) is 44.2 Å². The van der Waals surface area contributed by atoms with Crippen LogP contribution in [0.25, 0.3) is 5.76 Å². The van der Waals surface area contributed by atoms with Crippen molar-refractivity contribution in [2.75, 3.05) is 33.3 Å². The lowest BCUT2D eigenvalue weighted by Gasteiger charge is -2.28. The number of aliphatic hydroxyl groups is 1. The number of ether oxygens (including phenoxy) is 1. The monoisotopic (exact) mass is 453 g/mol. The first kappa shape index (κ1) is 24.3. The number of methoxy groups -OCH3 is 1. The first-order valence-corrected chi connectivity index (χ1v) is 11.1. The number of carbonyl (C=O) groups is 3. The molecule has 1 saturated heterocycles. The van der Waals surface area contributed by atoms with E-state index in [4.69, 9.17) is 4.74 Å². The molecule has 33 heavy (non-hydrogen) atoms. The van der Waals surface area contributed by atoms with Crippen molar-refractivity contribution in [1.82, 2.24) is 14.8 Å². The second kappa shape index (κ2) is 10.0. The van der Waals surface area contributed by atoms with Gasteiger partial charge in [-0.3, -0.25) is 9.59 Å². The topological polar surface area (TPSA) is 103 Å². The van der Waals surface area contributed by atoms with Crippen LogP contribution >= 0.6 is 0 Å². The Bertz CT molecular complexity index is 1080. The number of rotatable bonds is 8. The molecule has 8 nitrogen and oxygen atoms in total. The molecule has 2 N–H and O–H groups in total. The number of likely N-dealkylation sites (N-methyl/N-ethyl adjacent to an activating group) is 1. The summed E-state index contributed by atoms with van der Waals surface area (Å²) in [6.07, 6.45) is 0. The Labute approximate surface area is 193 Å². The number of aliphatic hydroxyl groups excluding tert-OH is 1. The number of nitrogens with one attached hydrogen (secondary N) is 1. The summed E-state index contributed by atoms with van der Waals surface area (Å²) in [6, 6.07) is 8.48. The summed E-state index contributed by atoms with van der Waals surface area (Å²) in [4.78, 5) is 45.0. The second-order valence-electron chi connectivity index (χ2n) is 8.05. The Kier molecular flexibility index (Phi) is 7.38. The van der Waals surface area contributed by atoms with Crippen LogP contribution in [0.5, 0.6) is 0 Å². The van der Waals surface area contributed by atoms with Crippen LogP contribution in [0.3, 0.4) is 0 Å². The molecule has 3 rings (SSSR count). The minimum atomic E-state index is -0.736. The molecule has 1 fully saturated rings. The van der Waals surface area contributed by atoms with Gasteiger partial charge in [0.15, 0.2) is 0 Å². The standard InChI is InChI=1S/C25H31N3O5/c1-6-27(7-2)13-14-28-21(17-11-9-8-10-12-17)19(23(30)24(28)31)22(29)18-15(3)20(25(32)33-5)26-16(18)4/h8-12,21,26,29H,6-7,13-14H2,1-5H3/b22-19-/t21-/m0/s1. The molecular weight excluding hydrogens is 422 g/mol. The van der Waals surface area contributed by atoms with E-state index in [2.05, 4.69) is 9.88 Å². The van der Waals surface area contributed by atoms with Crippen LogP contribution in [-0.4, -0.2) is 70.8 Å². The Hall–Kier alpha value is -3.39. The summed E-state index contributed by atoms with van der Waals surface area (Å²) in [5.74, 6) is -2.25. The summed E-state index contributed by atoms with van der Waals surface area (Å²) in [5, 5.41) is 11.4. The molecule has 8 heteroatoms.